The number of carbonyl (C=O) groups is 1. The lowest BCUT2D eigenvalue weighted by Gasteiger charge is -2.16. The number of anilines is 1. The molecule has 7 heteroatoms. The summed E-state index contributed by atoms with van der Waals surface area (Å²) >= 11 is 5.97. The second kappa shape index (κ2) is 7.31. The molecule has 0 spiro atoms. The molecule has 0 heterocycles. The average molecular weight is 349 g/mol. The lowest BCUT2D eigenvalue weighted by molar-refractivity contribution is -0.384. The van der Waals surface area contributed by atoms with E-state index in [0.29, 0.717) is 5.75 Å². The van der Waals surface area contributed by atoms with Crippen LogP contribution in [0.4, 0.5) is 11.4 Å². The molecule has 0 bridgehead atoms. The van der Waals surface area contributed by atoms with Gasteiger partial charge in [-0.2, -0.15) is 0 Å². The Bertz CT molecular complexity index is 772. The number of halogens is 1. The van der Waals surface area contributed by atoms with Crippen molar-refractivity contribution in [3.05, 3.63) is 62.7 Å². The van der Waals surface area contributed by atoms with E-state index in [-0.39, 0.29) is 16.4 Å². The Kier molecular flexibility index (Phi) is 5.41. The van der Waals surface area contributed by atoms with E-state index < -0.39 is 16.9 Å². The number of non-ortho nitro benzene ring substituents is 1. The standard InChI is InChI=1S/C17H17ClN2O4/c1-10-6-11(2)8-14(7-10)24-12(3)17(21)19-16-9-13(20(22)23)4-5-15(16)18/h4-9,12H,1-3H3,(H,19,21)/t12-/m0/s1. The molecule has 2 aromatic carbocycles. The first-order valence-corrected chi connectivity index (χ1v) is 7.64. The predicted molar refractivity (Wildman–Crippen MR) is 92.7 cm³/mol. The van der Waals surface area contributed by atoms with Gasteiger partial charge in [-0.05, 0) is 50.1 Å². The molecule has 24 heavy (non-hydrogen) atoms. The zero-order valence-corrected chi connectivity index (χ0v) is 14.3. The number of rotatable bonds is 5. The number of nitro groups is 1. The fourth-order valence-corrected chi connectivity index (χ4v) is 2.38. The number of hydrogen-bond acceptors (Lipinski definition) is 4. The topological polar surface area (TPSA) is 81.5 Å². The summed E-state index contributed by atoms with van der Waals surface area (Å²) < 4.78 is 5.64. The number of hydrogen-bond donors (Lipinski definition) is 1. The van der Waals surface area contributed by atoms with Crippen LogP contribution in [-0.2, 0) is 4.79 Å². The van der Waals surface area contributed by atoms with E-state index in [4.69, 9.17) is 16.3 Å². The molecule has 0 aliphatic carbocycles. The Morgan fingerprint density at radius 3 is 2.42 bits per heavy atom. The summed E-state index contributed by atoms with van der Waals surface area (Å²) in [6, 6.07) is 9.51. The van der Waals surface area contributed by atoms with Crippen LogP contribution < -0.4 is 10.1 Å². The maximum absolute atomic E-state index is 12.3. The van der Waals surface area contributed by atoms with Crippen molar-refractivity contribution in [3.8, 4) is 5.75 Å². The molecule has 0 aromatic heterocycles. The summed E-state index contributed by atoms with van der Waals surface area (Å²) in [4.78, 5) is 22.5. The van der Waals surface area contributed by atoms with Crippen molar-refractivity contribution in [2.24, 2.45) is 0 Å². The molecule has 126 valence electrons. The molecule has 0 fully saturated rings. The molecule has 0 saturated heterocycles. The summed E-state index contributed by atoms with van der Waals surface area (Å²) in [6.45, 7) is 5.47. The number of carbonyl (C=O) groups excluding carboxylic acids is 1. The van der Waals surface area contributed by atoms with Crippen molar-refractivity contribution in [1.82, 2.24) is 0 Å². The van der Waals surface area contributed by atoms with Crippen LogP contribution in [0.2, 0.25) is 5.02 Å². The van der Waals surface area contributed by atoms with E-state index in [2.05, 4.69) is 5.32 Å². The van der Waals surface area contributed by atoms with Crippen LogP contribution >= 0.6 is 11.6 Å². The minimum atomic E-state index is -0.790. The van der Waals surface area contributed by atoms with Gasteiger partial charge < -0.3 is 10.1 Å². The molecule has 1 atom stereocenters. The van der Waals surface area contributed by atoms with Gasteiger partial charge in [0.25, 0.3) is 11.6 Å². The summed E-state index contributed by atoms with van der Waals surface area (Å²) in [5, 5.41) is 13.6. The molecule has 0 aliphatic heterocycles. The maximum Gasteiger partial charge on any atom is 0.271 e. The van der Waals surface area contributed by atoms with E-state index >= 15 is 0 Å². The fraction of sp³-hybridized carbons (Fsp3) is 0.235. The van der Waals surface area contributed by atoms with Gasteiger partial charge in [-0.15, -0.1) is 0 Å². The Morgan fingerprint density at radius 2 is 1.83 bits per heavy atom. The van der Waals surface area contributed by atoms with Gasteiger partial charge >= 0.3 is 0 Å². The molecule has 0 aliphatic rings. The second-order valence-electron chi connectivity index (χ2n) is 5.49. The Morgan fingerprint density at radius 1 is 1.21 bits per heavy atom. The Hall–Kier alpha value is -2.60. The third-order valence-corrected chi connectivity index (χ3v) is 3.63. The van der Waals surface area contributed by atoms with Crippen LogP contribution in [-0.4, -0.2) is 16.9 Å². The number of aryl methyl sites for hydroxylation is 2. The molecular formula is C17H17ClN2O4. The van der Waals surface area contributed by atoms with Crippen LogP contribution in [0.3, 0.4) is 0 Å². The van der Waals surface area contributed by atoms with Gasteiger partial charge in [0.1, 0.15) is 5.75 Å². The van der Waals surface area contributed by atoms with E-state index in [1.807, 2.05) is 32.0 Å². The second-order valence-corrected chi connectivity index (χ2v) is 5.90. The molecule has 6 nitrogen and oxygen atoms in total. The fourth-order valence-electron chi connectivity index (χ4n) is 2.22. The van der Waals surface area contributed by atoms with Crippen LogP contribution in [0.5, 0.6) is 5.75 Å². The molecule has 0 unspecified atom stereocenters. The van der Waals surface area contributed by atoms with E-state index in [1.54, 1.807) is 6.92 Å². The number of ether oxygens (including phenoxy) is 1. The van der Waals surface area contributed by atoms with E-state index in [0.717, 1.165) is 11.1 Å². The number of amides is 1. The molecule has 0 saturated carbocycles. The van der Waals surface area contributed by atoms with Crippen LogP contribution in [0.15, 0.2) is 36.4 Å². The van der Waals surface area contributed by atoms with Crippen molar-refractivity contribution < 1.29 is 14.5 Å². The largest absolute Gasteiger partial charge is 0.481 e. The van der Waals surface area contributed by atoms with Gasteiger partial charge in [0.2, 0.25) is 0 Å². The van der Waals surface area contributed by atoms with Crippen LogP contribution in [0.1, 0.15) is 18.1 Å². The minimum Gasteiger partial charge on any atom is -0.481 e. The van der Waals surface area contributed by atoms with Crippen LogP contribution in [0.25, 0.3) is 0 Å². The molecule has 1 N–H and O–H groups in total. The van der Waals surface area contributed by atoms with Gasteiger partial charge in [0.05, 0.1) is 15.6 Å². The monoisotopic (exact) mass is 348 g/mol. The first-order chi connectivity index (χ1) is 11.3. The summed E-state index contributed by atoms with van der Waals surface area (Å²) in [7, 11) is 0. The summed E-state index contributed by atoms with van der Waals surface area (Å²) in [6.07, 6.45) is -0.790. The lowest BCUT2D eigenvalue weighted by Crippen LogP contribution is -2.30. The predicted octanol–water partition coefficient (Wildman–Crippen LogP) is 4.27. The zero-order valence-electron chi connectivity index (χ0n) is 13.5. The summed E-state index contributed by atoms with van der Waals surface area (Å²) in [5.41, 5.74) is 2.07. The minimum absolute atomic E-state index is 0.155. The normalized spacial score (nSPS) is 11.7. The lowest BCUT2D eigenvalue weighted by atomic mass is 10.1. The molecular weight excluding hydrogens is 332 g/mol. The highest BCUT2D eigenvalue weighted by Gasteiger charge is 2.18. The van der Waals surface area contributed by atoms with Gasteiger partial charge in [-0.1, -0.05) is 17.7 Å². The average Bonchev–Trinajstić information content (AvgIpc) is 2.48. The highest BCUT2D eigenvalue weighted by atomic mass is 35.5. The first-order valence-electron chi connectivity index (χ1n) is 7.26. The first kappa shape index (κ1) is 17.7. The van der Waals surface area contributed by atoms with Gasteiger partial charge in [-0.25, -0.2) is 0 Å². The summed E-state index contributed by atoms with van der Waals surface area (Å²) in [5.74, 6) is 0.136. The van der Waals surface area contributed by atoms with E-state index in [9.17, 15) is 14.9 Å². The quantitative estimate of drug-likeness (QED) is 0.646. The highest BCUT2D eigenvalue weighted by Crippen LogP contribution is 2.27. The van der Waals surface area contributed by atoms with Crippen LogP contribution in [0, 0.1) is 24.0 Å². The van der Waals surface area contributed by atoms with Gasteiger partial charge in [0, 0.05) is 12.1 Å². The molecule has 1 amide bonds. The van der Waals surface area contributed by atoms with Crippen molar-refractivity contribution in [1.29, 1.82) is 0 Å². The van der Waals surface area contributed by atoms with E-state index in [1.165, 1.54) is 18.2 Å². The Balaban J connectivity index is 2.11. The van der Waals surface area contributed by atoms with Gasteiger partial charge in [0.15, 0.2) is 6.10 Å². The Labute approximate surface area is 144 Å². The third kappa shape index (κ3) is 4.45. The molecule has 2 rings (SSSR count). The third-order valence-electron chi connectivity index (χ3n) is 3.30. The number of nitrogens with one attached hydrogen (secondary N) is 1. The molecule has 0 radical (unpaired) electrons. The van der Waals surface area contributed by atoms with Gasteiger partial charge in [-0.3, -0.25) is 14.9 Å². The molecule has 2 aromatic rings. The highest BCUT2D eigenvalue weighted by molar-refractivity contribution is 6.33. The smallest absolute Gasteiger partial charge is 0.271 e. The maximum atomic E-state index is 12.3. The van der Waals surface area contributed by atoms with Crippen molar-refractivity contribution >= 4 is 28.9 Å². The van der Waals surface area contributed by atoms with Crippen molar-refractivity contribution in [2.75, 3.05) is 5.32 Å². The zero-order chi connectivity index (χ0) is 17.9. The van der Waals surface area contributed by atoms with Crippen molar-refractivity contribution in [2.45, 2.75) is 26.9 Å². The number of benzene rings is 2. The SMILES string of the molecule is Cc1cc(C)cc(O[C@@H](C)C(=O)Nc2cc([N+](=O)[O-])ccc2Cl)c1. The van der Waals surface area contributed by atoms with Crippen molar-refractivity contribution in [3.63, 3.8) is 0 Å². The number of nitrogens with zero attached hydrogens (tertiary/aromatic N) is 1. The number of nitro benzene ring substituents is 1.